The van der Waals surface area contributed by atoms with Gasteiger partial charge in [0, 0.05) is 31.0 Å². The molecule has 0 bridgehead atoms. The normalized spacial score (nSPS) is 14.2. The monoisotopic (exact) mass is 475 g/mol. The van der Waals surface area contributed by atoms with Gasteiger partial charge in [-0.3, -0.25) is 14.3 Å². The van der Waals surface area contributed by atoms with Crippen LogP contribution in [0.25, 0.3) is 17.3 Å². The van der Waals surface area contributed by atoms with Crippen molar-refractivity contribution >= 4 is 23.4 Å². The lowest BCUT2D eigenvalue weighted by Crippen LogP contribution is -2.35. The number of hydrogen-bond donors (Lipinski definition) is 1. The van der Waals surface area contributed by atoms with Crippen LogP contribution in [-0.2, 0) is 16.1 Å². The van der Waals surface area contributed by atoms with Crippen LogP contribution in [0.1, 0.15) is 5.56 Å². The first-order valence-corrected chi connectivity index (χ1v) is 12.1. The zero-order valence-corrected chi connectivity index (χ0v) is 19.4. The van der Waals surface area contributed by atoms with Gasteiger partial charge < -0.3 is 14.5 Å². The average molecular weight is 476 g/mol. The van der Waals surface area contributed by atoms with Crippen molar-refractivity contribution in [3.8, 4) is 17.3 Å². The Morgan fingerprint density at radius 2 is 1.76 bits per heavy atom. The van der Waals surface area contributed by atoms with E-state index < -0.39 is 0 Å². The first kappa shape index (κ1) is 22.4. The maximum absolute atomic E-state index is 12.6. The largest absolute Gasteiger partial charge is 0.461 e. The van der Waals surface area contributed by atoms with E-state index in [-0.39, 0.29) is 11.7 Å². The molecule has 1 aliphatic heterocycles. The molecular weight excluding hydrogens is 450 g/mol. The molecule has 174 valence electrons. The Morgan fingerprint density at radius 3 is 2.50 bits per heavy atom. The number of carbonyl (C=O) groups excluding carboxylic acids is 1. The molecule has 1 amide bonds. The van der Waals surface area contributed by atoms with Gasteiger partial charge >= 0.3 is 0 Å². The minimum atomic E-state index is -0.104. The molecule has 9 heteroatoms. The summed E-state index contributed by atoms with van der Waals surface area (Å²) in [5, 5.41) is 12.2. The summed E-state index contributed by atoms with van der Waals surface area (Å²) in [4.78, 5) is 15.0. The first-order chi connectivity index (χ1) is 16.8. The highest BCUT2D eigenvalue weighted by Crippen LogP contribution is 2.28. The number of morpholine rings is 1. The fraction of sp³-hybridized carbons (Fsp3) is 0.240. The molecule has 2 aromatic heterocycles. The number of thioether (sulfide) groups is 1. The number of carbonyl (C=O) groups is 1. The molecule has 8 nitrogen and oxygen atoms in total. The molecule has 4 aromatic rings. The van der Waals surface area contributed by atoms with E-state index in [9.17, 15) is 4.79 Å². The summed E-state index contributed by atoms with van der Waals surface area (Å²) in [5.41, 5.74) is 2.89. The second-order valence-electron chi connectivity index (χ2n) is 7.88. The molecule has 0 atom stereocenters. The summed E-state index contributed by atoms with van der Waals surface area (Å²) in [7, 11) is 0. The van der Waals surface area contributed by atoms with Crippen molar-refractivity contribution in [1.29, 1.82) is 0 Å². The van der Waals surface area contributed by atoms with Crippen LogP contribution in [0.15, 0.2) is 82.6 Å². The SMILES string of the molecule is O=C(CSc1nnc(-c2ccco2)n1-c1ccccc1)Nc1ccc(CN2CCOCC2)cc1. The molecule has 34 heavy (non-hydrogen) atoms. The van der Waals surface area contributed by atoms with E-state index in [1.54, 1.807) is 6.26 Å². The summed E-state index contributed by atoms with van der Waals surface area (Å²) in [6, 6.07) is 21.4. The fourth-order valence-corrected chi connectivity index (χ4v) is 4.53. The number of nitrogens with zero attached hydrogens (tertiary/aromatic N) is 4. The minimum absolute atomic E-state index is 0.104. The van der Waals surface area contributed by atoms with Gasteiger partial charge in [0.15, 0.2) is 10.9 Å². The molecule has 5 rings (SSSR count). The highest BCUT2D eigenvalue weighted by Gasteiger charge is 2.19. The van der Waals surface area contributed by atoms with Crippen LogP contribution in [0, 0.1) is 0 Å². The predicted octanol–water partition coefficient (Wildman–Crippen LogP) is 4.09. The van der Waals surface area contributed by atoms with Crippen LogP contribution in [0.2, 0.25) is 0 Å². The van der Waals surface area contributed by atoms with Crippen LogP contribution in [0.5, 0.6) is 0 Å². The van der Waals surface area contributed by atoms with Gasteiger partial charge in [0.25, 0.3) is 0 Å². The fourth-order valence-electron chi connectivity index (χ4n) is 3.78. The van der Waals surface area contributed by atoms with Crippen molar-refractivity contribution in [2.75, 3.05) is 37.4 Å². The standard InChI is InChI=1S/C25H25N5O3S/c31-23(26-20-10-8-19(9-11-20)17-29-12-15-32-16-13-29)18-34-25-28-27-24(22-7-4-14-33-22)30(25)21-5-2-1-3-6-21/h1-11,14H,12-13,15-18H2,(H,26,31). The number of para-hydroxylation sites is 1. The minimum Gasteiger partial charge on any atom is -0.461 e. The summed E-state index contributed by atoms with van der Waals surface area (Å²) in [6.45, 7) is 4.36. The second-order valence-corrected chi connectivity index (χ2v) is 8.82. The Bertz CT molecular complexity index is 1200. The number of aromatic nitrogens is 3. The lowest BCUT2D eigenvalue weighted by atomic mass is 10.2. The molecular formula is C25H25N5O3S. The Labute approximate surface area is 201 Å². The van der Waals surface area contributed by atoms with Gasteiger partial charge in [-0.25, -0.2) is 0 Å². The number of anilines is 1. The zero-order valence-electron chi connectivity index (χ0n) is 18.6. The van der Waals surface area contributed by atoms with Crippen LogP contribution < -0.4 is 5.32 Å². The third kappa shape index (κ3) is 5.39. The lowest BCUT2D eigenvalue weighted by Gasteiger charge is -2.26. The number of furan rings is 1. The van der Waals surface area contributed by atoms with E-state index in [1.165, 1.54) is 17.3 Å². The molecule has 3 heterocycles. The molecule has 0 aliphatic carbocycles. The van der Waals surface area contributed by atoms with Crippen molar-refractivity contribution < 1.29 is 13.9 Å². The number of ether oxygens (including phenoxy) is 1. The van der Waals surface area contributed by atoms with Crippen molar-refractivity contribution in [3.05, 3.63) is 78.6 Å². The van der Waals surface area contributed by atoms with E-state index in [2.05, 4.69) is 32.5 Å². The number of rotatable bonds is 8. The third-order valence-corrected chi connectivity index (χ3v) is 6.40. The highest BCUT2D eigenvalue weighted by atomic mass is 32.2. The Hall–Kier alpha value is -3.40. The predicted molar refractivity (Wildman–Crippen MR) is 131 cm³/mol. The number of nitrogens with one attached hydrogen (secondary N) is 1. The van der Waals surface area contributed by atoms with Gasteiger partial charge in [0.2, 0.25) is 11.7 Å². The van der Waals surface area contributed by atoms with Gasteiger partial charge in [-0.15, -0.1) is 10.2 Å². The zero-order chi connectivity index (χ0) is 23.2. The van der Waals surface area contributed by atoms with Gasteiger partial charge in [0.1, 0.15) is 0 Å². The summed E-state index contributed by atoms with van der Waals surface area (Å²) < 4.78 is 12.8. The molecule has 2 aromatic carbocycles. The molecule has 0 unspecified atom stereocenters. The van der Waals surface area contributed by atoms with E-state index >= 15 is 0 Å². The molecule has 1 N–H and O–H groups in total. The van der Waals surface area contributed by atoms with Crippen LogP contribution in [0.4, 0.5) is 5.69 Å². The summed E-state index contributed by atoms with van der Waals surface area (Å²) in [6.07, 6.45) is 1.60. The van der Waals surface area contributed by atoms with E-state index in [0.29, 0.717) is 16.7 Å². The Kier molecular flexibility index (Phi) is 7.04. The van der Waals surface area contributed by atoms with Crippen molar-refractivity contribution in [2.45, 2.75) is 11.7 Å². The quantitative estimate of drug-likeness (QED) is 0.384. The van der Waals surface area contributed by atoms with Crippen molar-refractivity contribution in [1.82, 2.24) is 19.7 Å². The number of benzene rings is 2. The average Bonchev–Trinajstić information content (AvgIpc) is 3.55. The Balaban J connectivity index is 1.22. The van der Waals surface area contributed by atoms with Crippen LogP contribution >= 0.6 is 11.8 Å². The molecule has 1 aliphatic rings. The van der Waals surface area contributed by atoms with Crippen LogP contribution in [-0.4, -0.2) is 57.6 Å². The van der Waals surface area contributed by atoms with Gasteiger partial charge in [-0.05, 0) is 42.0 Å². The van der Waals surface area contributed by atoms with Gasteiger partial charge in [-0.1, -0.05) is 42.1 Å². The van der Waals surface area contributed by atoms with Crippen LogP contribution in [0.3, 0.4) is 0 Å². The first-order valence-electron chi connectivity index (χ1n) is 11.1. The lowest BCUT2D eigenvalue weighted by molar-refractivity contribution is -0.113. The van der Waals surface area contributed by atoms with E-state index in [0.717, 1.165) is 44.2 Å². The van der Waals surface area contributed by atoms with Crippen molar-refractivity contribution in [2.24, 2.45) is 0 Å². The third-order valence-electron chi connectivity index (χ3n) is 5.47. The summed E-state index contributed by atoms with van der Waals surface area (Å²) in [5.74, 6) is 1.31. The topological polar surface area (TPSA) is 85.4 Å². The van der Waals surface area contributed by atoms with Crippen molar-refractivity contribution in [3.63, 3.8) is 0 Å². The molecule has 1 saturated heterocycles. The maximum atomic E-state index is 12.6. The highest BCUT2D eigenvalue weighted by molar-refractivity contribution is 7.99. The van der Waals surface area contributed by atoms with E-state index in [1.807, 2.05) is 59.2 Å². The smallest absolute Gasteiger partial charge is 0.234 e. The van der Waals surface area contributed by atoms with Gasteiger partial charge in [-0.2, -0.15) is 0 Å². The van der Waals surface area contributed by atoms with Gasteiger partial charge in [0.05, 0.1) is 25.2 Å². The Morgan fingerprint density at radius 1 is 0.971 bits per heavy atom. The maximum Gasteiger partial charge on any atom is 0.234 e. The second kappa shape index (κ2) is 10.7. The number of hydrogen-bond acceptors (Lipinski definition) is 7. The summed E-state index contributed by atoms with van der Waals surface area (Å²) >= 11 is 1.33. The number of amides is 1. The molecule has 0 radical (unpaired) electrons. The molecule has 0 saturated carbocycles. The molecule has 0 spiro atoms. The molecule has 1 fully saturated rings. The van der Waals surface area contributed by atoms with E-state index in [4.69, 9.17) is 9.15 Å².